The van der Waals surface area contributed by atoms with Crippen LogP contribution in [0.1, 0.15) is 28.3 Å². The van der Waals surface area contributed by atoms with Crippen molar-refractivity contribution < 1.29 is 22.7 Å². The van der Waals surface area contributed by atoms with Crippen molar-refractivity contribution in [2.45, 2.75) is 17.4 Å². The fraction of sp³-hybridized carbons (Fsp3) is 0.286. The Morgan fingerprint density at radius 2 is 2.10 bits per heavy atom. The van der Waals surface area contributed by atoms with Gasteiger partial charge in [-0.2, -0.15) is 5.10 Å². The summed E-state index contributed by atoms with van der Waals surface area (Å²) in [5, 5.41) is 6.97. The summed E-state index contributed by atoms with van der Waals surface area (Å²) in [7, 11) is -1.63. The van der Waals surface area contributed by atoms with Crippen LogP contribution in [0, 0.1) is 0 Å². The number of amides is 1. The average molecular weight is 442 g/mol. The van der Waals surface area contributed by atoms with Crippen molar-refractivity contribution in [1.82, 2.24) is 14.8 Å². The molecule has 1 aliphatic rings. The van der Waals surface area contributed by atoms with E-state index in [1.807, 2.05) is 0 Å². The molecule has 0 aliphatic carbocycles. The first-order chi connectivity index (χ1) is 14.8. The van der Waals surface area contributed by atoms with Gasteiger partial charge in [0.2, 0.25) is 0 Å². The number of hydrogen-bond acceptors (Lipinski definition) is 7. The van der Waals surface area contributed by atoms with Crippen LogP contribution in [-0.2, 0) is 21.6 Å². The van der Waals surface area contributed by atoms with Crippen LogP contribution in [0.3, 0.4) is 0 Å². The molecule has 2 aromatic heterocycles. The maximum Gasteiger partial charge on any atom is 0.257 e. The Kier molecular flexibility index (Phi) is 5.75. The molecule has 3 aromatic rings. The number of ether oxygens (including phenoxy) is 2. The molecule has 0 bridgehead atoms. The molecule has 1 saturated heterocycles. The number of hydrogen-bond donors (Lipinski definition) is 1. The lowest BCUT2D eigenvalue weighted by molar-refractivity contribution is 0.102. The minimum absolute atomic E-state index is 0.0102. The Hall–Kier alpha value is -3.24. The third-order valence-electron chi connectivity index (χ3n) is 4.92. The zero-order valence-electron chi connectivity index (χ0n) is 17.1. The Balaban J connectivity index is 1.67. The van der Waals surface area contributed by atoms with Crippen LogP contribution < -0.4 is 10.1 Å². The topological polar surface area (TPSA) is 112 Å². The molecule has 0 spiro atoms. The van der Waals surface area contributed by atoms with Gasteiger partial charge in [-0.1, -0.05) is 6.07 Å². The first-order valence-electron chi connectivity index (χ1n) is 9.67. The van der Waals surface area contributed by atoms with Gasteiger partial charge in [0.05, 0.1) is 12.8 Å². The number of carbonyl (C=O) groups excluding carboxylic acids is 1. The molecule has 10 heteroatoms. The van der Waals surface area contributed by atoms with E-state index in [0.717, 1.165) is 18.2 Å². The molecular formula is C21H22N4O5S. The van der Waals surface area contributed by atoms with E-state index < -0.39 is 9.84 Å². The van der Waals surface area contributed by atoms with Crippen LogP contribution >= 0.6 is 0 Å². The van der Waals surface area contributed by atoms with E-state index in [4.69, 9.17) is 9.47 Å². The molecule has 1 unspecified atom stereocenters. The summed E-state index contributed by atoms with van der Waals surface area (Å²) in [5.74, 6) is 1.02. The van der Waals surface area contributed by atoms with Gasteiger partial charge < -0.3 is 14.8 Å². The third-order valence-corrected chi connectivity index (χ3v) is 5.92. The second-order valence-corrected chi connectivity index (χ2v) is 9.28. The molecule has 9 nitrogen and oxygen atoms in total. The van der Waals surface area contributed by atoms with Crippen molar-refractivity contribution in [1.29, 1.82) is 0 Å². The second kappa shape index (κ2) is 8.48. The van der Waals surface area contributed by atoms with Crippen molar-refractivity contribution in [3.05, 3.63) is 59.9 Å². The van der Waals surface area contributed by atoms with Gasteiger partial charge in [-0.15, -0.1) is 0 Å². The molecule has 0 saturated carbocycles. The van der Waals surface area contributed by atoms with Crippen molar-refractivity contribution in [2.75, 3.05) is 24.8 Å². The Morgan fingerprint density at radius 3 is 2.71 bits per heavy atom. The van der Waals surface area contributed by atoms with Gasteiger partial charge in [0.25, 0.3) is 5.91 Å². The molecule has 162 valence electrons. The van der Waals surface area contributed by atoms with E-state index in [-0.39, 0.29) is 16.9 Å². The predicted octanol–water partition coefficient (Wildman–Crippen LogP) is 2.77. The highest BCUT2D eigenvalue weighted by Crippen LogP contribution is 2.37. The lowest BCUT2D eigenvalue weighted by Crippen LogP contribution is -2.17. The average Bonchev–Trinajstić information content (AvgIpc) is 3.39. The normalized spacial score (nSPS) is 16.3. The molecule has 0 radical (unpaired) electrons. The van der Waals surface area contributed by atoms with Crippen molar-refractivity contribution in [3.63, 3.8) is 0 Å². The summed E-state index contributed by atoms with van der Waals surface area (Å²) in [6.45, 7) is 1.08. The maximum absolute atomic E-state index is 13.0. The fourth-order valence-electron chi connectivity index (χ4n) is 3.45. The highest BCUT2D eigenvalue weighted by molar-refractivity contribution is 7.90. The number of rotatable bonds is 6. The van der Waals surface area contributed by atoms with Gasteiger partial charge >= 0.3 is 0 Å². The minimum Gasteiger partial charge on any atom is -0.455 e. The number of pyridine rings is 1. The minimum atomic E-state index is -3.40. The quantitative estimate of drug-likeness (QED) is 0.625. The molecule has 1 atom stereocenters. The van der Waals surface area contributed by atoms with Gasteiger partial charge in [0.15, 0.2) is 20.7 Å². The molecule has 1 aromatic carbocycles. The summed E-state index contributed by atoms with van der Waals surface area (Å²) < 4.78 is 36.4. The van der Waals surface area contributed by atoms with Crippen molar-refractivity contribution >= 4 is 21.6 Å². The van der Waals surface area contributed by atoms with E-state index in [9.17, 15) is 13.2 Å². The van der Waals surface area contributed by atoms with Crippen LogP contribution in [0.4, 0.5) is 5.82 Å². The van der Waals surface area contributed by atoms with Crippen LogP contribution in [0.5, 0.6) is 11.5 Å². The summed E-state index contributed by atoms with van der Waals surface area (Å²) in [5.41, 5.74) is 1.21. The number of benzene rings is 1. The van der Waals surface area contributed by atoms with E-state index in [0.29, 0.717) is 36.1 Å². The SMILES string of the molecule is Cn1ccc(NC(=O)c2cccc(Oc3ccc(S(C)(=O)=O)nc3)c2C2CCOC2)n1. The highest BCUT2D eigenvalue weighted by atomic mass is 32.2. The molecule has 1 aliphatic heterocycles. The number of carbonyl (C=O) groups is 1. The lowest BCUT2D eigenvalue weighted by Gasteiger charge is -2.19. The molecule has 31 heavy (non-hydrogen) atoms. The maximum atomic E-state index is 13.0. The predicted molar refractivity (Wildman–Crippen MR) is 113 cm³/mol. The molecular weight excluding hydrogens is 420 g/mol. The summed E-state index contributed by atoms with van der Waals surface area (Å²) >= 11 is 0. The zero-order valence-corrected chi connectivity index (χ0v) is 17.9. The number of aryl methyl sites for hydroxylation is 1. The molecule has 3 heterocycles. The summed E-state index contributed by atoms with van der Waals surface area (Å²) in [6, 6.07) is 9.89. The van der Waals surface area contributed by atoms with Crippen LogP contribution in [-0.4, -0.2) is 48.6 Å². The van der Waals surface area contributed by atoms with E-state index in [1.165, 1.54) is 12.3 Å². The van der Waals surface area contributed by atoms with E-state index in [2.05, 4.69) is 15.4 Å². The Labute approximate surface area is 179 Å². The van der Waals surface area contributed by atoms with E-state index in [1.54, 1.807) is 48.3 Å². The molecule has 1 amide bonds. The first kappa shape index (κ1) is 21.0. The first-order valence-corrected chi connectivity index (χ1v) is 11.6. The van der Waals surface area contributed by atoms with Crippen LogP contribution in [0.25, 0.3) is 0 Å². The Bertz CT molecular complexity index is 1200. The second-order valence-electron chi connectivity index (χ2n) is 7.31. The van der Waals surface area contributed by atoms with Gasteiger partial charge in [-0.25, -0.2) is 13.4 Å². The van der Waals surface area contributed by atoms with Gasteiger partial charge in [-0.05, 0) is 30.7 Å². The molecule has 1 N–H and O–H groups in total. The lowest BCUT2D eigenvalue weighted by atomic mass is 9.92. The monoisotopic (exact) mass is 442 g/mol. The standard InChI is InChI=1S/C21H22N4O5S/c1-25-10-8-18(24-25)23-21(26)16-4-3-5-17(20(16)14-9-11-29-13-14)30-15-6-7-19(22-12-15)31(2,27)28/h3-8,10,12,14H,9,11,13H2,1-2H3,(H,23,24,26). The van der Waals surface area contributed by atoms with E-state index >= 15 is 0 Å². The third kappa shape index (κ3) is 4.75. The highest BCUT2D eigenvalue weighted by Gasteiger charge is 2.27. The number of anilines is 1. The Morgan fingerprint density at radius 1 is 1.26 bits per heavy atom. The van der Waals surface area contributed by atoms with Crippen molar-refractivity contribution in [2.24, 2.45) is 7.05 Å². The number of sulfone groups is 1. The number of nitrogens with one attached hydrogen (secondary N) is 1. The van der Waals surface area contributed by atoms with Crippen LogP contribution in [0.15, 0.2) is 53.8 Å². The van der Waals surface area contributed by atoms with Gasteiger partial charge in [0, 0.05) is 49.2 Å². The van der Waals surface area contributed by atoms with Gasteiger partial charge in [-0.3, -0.25) is 9.48 Å². The van der Waals surface area contributed by atoms with Gasteiger partial charge in [0.1, 0.15) is 11.5 Å². The largest absolute Gasteiger partial charge is 0.455 e. The zero-order chi connectivity index (χ0) is 22.0. The summed E-state index contributed by atoms with van der Waals surface area (Å²) in [6.07, 6.45) is 4.95. The number of nitrogens with zero attached hydrogens (tertiary/aromatic N) is 3. The summed E-state index contributed by atoms with van der Waals surface area (Å²) in [4.78, 5) is 17.0. The smallest absolute Gasteiger partial charge is 0.257 e. The fourth-order valence-corrected chi connectivity index (χ4v) is 4.01. The molecule has 1 fully saturated rings. The molecule has 4 rings (SSSR count). The number of aromatic nitrogens is 3. The van der Waals surface area contributed by atoms with Crippen LogP contribution in [0.2, 0.25) is 0 Å². The van der Waals surface area contributed by atoms with Crippen molar-refractivity contribution in [3.8, 4) is 11.5 Å².